The largest absolute Gasteiger partial charge is 0.489 e. The molecule has 2 rings (SSSR count). The second-order valence-electron chi connectivity index (χ2n) is 5.02. The molecule has 0 radical (unpaired) electrons. The molecule has 25 heavy (non-hydrogen) atoms. The Morgan fingerprint density at radius 1 is 1.04 bits per heavy atom. The SMILES string of the molecule is C=CCOc1ccccc1C=NNC(=O)CC(=O)Nc1ccccc1. The first kappa shape index (κ1) is 17.9. The molecule has 0 aliphatic rings. The lowest BCUT2D eigenvalue weighted by atomic mass is 10.2. The molecule has 2 aromatic carbocycles. The highest BCUT2D eigenvalue weighted by molar-refractivity contribution is 6.03. The normalized spacial score (nSPS) is 10.2. The Labute approximate surface area is 146 Å². The zero-order valence-corrected chi connectivity index (χ0v) is 13.6. The molecule has 0 bridgehead atoms. The van der Waals surface area contributed by atoms with Gasteiger partial charge in [0.15, 0.2) is 0 Å². The number of hydrazone groups is 1. The number of nitrogens with one attached hydrogen (secondary N) is 2. The van der Waals surface area contributed by atoms with Crippen molar-refractivity contribution < 1.29 is 14.3 Å². The van der Waals surface area contributed by atoms with Crippen LogP contribution in [0.2, 0.25) is 0 Å². The van der Waals surface area contributed by atoms with Gasteiger partial charge in [0, 0.05) is 11.3 Å². The second-order valence-corrected chi connectivity index (χ2v) is 5.02. The monoisotopic (exact) mass is 337 g/mol. The van der Waals surface area contributed by atoms with Gasteiger partial charge in [-0.15, -0.1) is 0 Å². The number of nitrogens with zero attached hydrogens (tertiary/aromatic N) is 1. The van der Waals surface area contributed by atoms with Crippen LogP contribution in [0.25, 0.3) is 0 Å². The first-order chi connectivity index (χ1) is 12.2. The topological polar surface area (TPSA) is 79.8 Å². The molecular formula is C19H19N3O3. The molecule has 0 aliphatic heterocycles. The standard InChI is InChI=1S/C19H19N3O3/c1-2-12-25-17-11-7-6-8-15(17)14-20-22-19(24)13-18(23)21-16-9-4-3-5-10-16/h2-11,14H,1,12-13H2,(H,21,23)(H,22,24). The van der Waals surface area contributed by atoms with Crippen LogP contribution in [0.1, 0.15) is 12.0 Å². The van der Waals surface area contributed by atoms with Crippen LogP contribution < -0.4 is 15.5 Å². The fourth-order valence-corrected chi connectivity index (χ4v) is 1.95. The smallest absolute Gasteiger partial charge is 0.249 e. The Morgan fingerprint density at radius 3 is 2.52 bits per heavy atom. The molecule has 0 aromatic heterocycles. The van der Waals surface area contributed by atoms with Crippen molar-refractivity contribution in [3.8, 4) is 5.75 Å². The minimum absolute atomic E-state index is 0.319. The molecule has 0 saturated carbocycles. The molecule has 0 saturated heterocycles. The van der Waals surface area contributed by atoms with Crippen LogP contribution in [0.3, 0.4) is 0 Å². The van der Waals surface area contributed by atoms with Crippen molar-refractivity contribution in [3.05, 3.63) is 72.8 Å². The Morgan fingerprint density at radius 2 is 1.76 bits per heavy atom. The number of rotatable bonds is 8. The minimum Gasteiger partial charge on any atom is -0.489 e. The summed E-state index contributed by atoms with van der Waals surface area (Å²) in [5.74, 6) is -0.287. The summed E-state index contributed by atoms with van der Waals surface area (Å²) in [6.45, 7) is 3.97. The lowest BCUT2D eigenvalue weighted by molar-refractivity contribution is -0.126. The number of ether oxygens (including phenoxy) is 1. The van der Waals surface area contributed by atoms with Crippen molar-refractivity contribution in [2.45, 2.75) is 6.42 Å². The van der Waals surface area contributed by atoms with Crippen molar-refractivity contribution >= 4 is 23.7 Å². The summed E-state index contributed by atoms with van der Waals surface area (Å²) < 4.78 is 5.49. The van der Waals surface area contributed by atoms with Gasteiger partial charge in [-0.3, -0.25) is 9.59 Å². The van der Waals surface area contributed by atoms with E-state index in [1.807, 2.05) is 18.2 Å². The molecule has 2 amide bonds. The average molecular weight is 337 g/mol. The van der Waals surface area contributed by atoms with Gasteiger partial charge in [0.2, 0.25) is 11.8 Å². The summed E-state index contributed by atoms with van der Waals surface area (Å²) in [5, 5.41) is 6.49. The quantitative estimate of drug-likeness (QED) is 0.336. The van der Waals surface area contributed by atoms with E-state index in [1.54, 1.807) is 42.5 Å². The highest BCUT2D eigenvalue weighted by atomic mass is 16.5. The first-order valence-electron chi connectivity index (χ1n) is 7.68. The van der Waals surface area contributed by atoms with Crippen LogP contribution in [-0.2, 0) is 9.59 Å². The van der Waals surface area contributed by atoms with Gasteiger partial charge in [-0.1, -0.05) is 43.0 Å². The maximum absolute atomic E-state index is 11.8. The van der Waals surface area contributed by atoms with Crippen LogP contribution in [0.5, 0.6) is 5.75 Å². The number of para-hydroxylation sites is 2. The summed E-state index contributed by atoms with van der Waals surface area (Å²) in [5.41, 5.74) is 3.67. The molecule has 2 N–H and O–H groups in total. The molecule has 0 heterocycles. The second kappa shape index (κ2) is 9.67. The maximum atomic E-state index is 11.8. The van der Waals surface area contributed by atoms with E-state index in [-0.39, 0.29) is 6.42 Å². The third-order valence-electron chi connectivity index (χ3n) is 3.05. The fraction of sp³-hybridized carbons (Fsp3) is 0.105. The van der Waals surface area contributed by atoms with Crippen molar-refractivity contribution in [2.24, 2.45) is 5.10 Å². The number of hydrogen-bond donors (Lipinski definition) is 2. The van der Waals surface area contributed by atoms with Gasteiger partial charge in [-0.2, -0.15) is 5.10 Å². The molecule has 0 unspecified atom stereocenters. The average Bonchev–Trinajstić information content (AvgIpc) is 2.61. The van der Waals surface area contributed by atoms with Gasteiger partial charge in [-0.05, 0) is 24.3 Å². The highest BCUT2D eigenvalue weighted by Gasteiger charge is 2.08. The summed E-state index contributed by atoms with van der Waals surface area (Å²) in [4.78, 5) is 23.5. The van der Waals surface area contributed by atoms with Crippen LogP contribution in [0, 0.1) is 0 Å². The molecule has 0 fully saturated rings. The summed E-state index contributed by atoms with van der Waals surface area (Å²) in [7, 11) is 0. The van der Waals surface area contributed by atoms with E-state index in [0.29, 0.717) is 23.6 Å². The van der Waals surface area contributed by atoms with Crippen LogP contribution in [0.15, 0.2) is 72.4 Å². The van der Waals surface area contributed by atoms with E-state index >= 15 is 0 Å². The molecular weight excluding hydrogens is 318 g/mol. The maximum Gasteiger partial charge on any atom is 0.249 e. The van der Waals surface area contributed by atoms with E-state index in [0.717, 1.165) is 0 Å². The summed E-state index contributed by atoms with van der Waals surface area (Å²) in [6, 6.07) is 16.2. The lowest BCUT2D eigenvalue weighted by Crippen LogP contribution is -2.24. The number of amides is 2. The van der Waals surface area contributed by atoms with Gasteiger partial charge in [0.1, 0.15) is 18.8 Å². The number of benzene rings is 2. The van der Waals surface area contributed by atoms with E-state index in [9.17, 15) is 9.59 Å². The molecule has 6 heteroatoms. The first-order valence-corrected chi connectivity index (χ1v) is 7.68. The highest BCUT2D eigenvalue weighted by Crippen LogP contribution is 2.15. The van der Waals surface area contributed by atoms with Gasteiger partial charge < -0.3 is 10.1 Å². The lowest BCUT2D eigenvalue weighted by Gasteiger charge is -2.06. The van der Waals surface area contributed by atoms with Crippen molar-refractivity contribution in [1.82, 2.24) is 5.43 Å². The van der Waals surface area contributed by atoms with Crippen molar-refractivity contribution in [3.63, 3.8) is 0 Å². The Balaban J connectivity index is 1.84. The van der Waals surface area contributed by atoms with Crippen LogP contribution in [0.4, 0.5) is 5.69 Å². The number of carbonyl (C=O) groups is 2. The predicted octanol–water partition coefficient (Wildman–Crippen LogP) is 2.73. The van der Waals surface area contributed by atoms with Crippen molar-refractivity contribution in [2.75, 3.05) is 11.9 Å². The predicted molar refractivity (Wildman–Crippen MR) is 97.6 cm³/mol. The van der Waals surface area contributed by atoms with E-state index in [2.05, 4.69) is 22.4 Å². The molecule has 6 nitrogen and oxygen atoms in total. The molecule has 0 atom stereocenters. The summed E-state index contributed by atoms with van der Waals surface area (Å²) in [6.07, 6.45) is 2.79. The van der Waals surface area contributed by atoms with Crippen molar-refractivity contribution in [1.29, 1.82) is 0 Å². The van der Waals surface area contributed by atoms with E-state index < -0.39 is 11.8 Å². The molecule has 128 valence electrons. The zero-order valence-electron chi connectivity index (χ0n) is 13.6. The third kappa shape index (κ3) is 6.31. The van der Waals surface area contributed by atoms with E-state index in [1.165, 1.54) is 6.21 Å². The fourth-order valence-electron chi connectivity index (χ4n) is 1.95. The van der Waals surface area contributed by atoms with Gasteiger partial charge >= 0.3 is 0 Å². The molecule has 0 spiro atoms. The van der Waals surface area contributed by atoms with Gasteiger partial charge in [-0.25, -0.2) is 5.43 Å². The van der Waals surface area contributed by atoms with Gasteiger partial charge in [0.05, 0.1) is 6.21 Å². The number of hydrogen-bond acceptors (Lipinski definition) is 4. The third-order valence-corrected chi connectivity index (χ3v) is 3.05. The van der Waals surface area contributed by atoms with Gasteiger partial charge in [0.25, 0.3) is 0 Å². The Hall–Kier alpha value is -3.41. The minimum atomic E-state index is -0.505. The van der Waals surface area contributed by atoms with Crippen LogP contribution >= 0.6 is 0 Å². The van der Waals surface area contributed by atoms with E-state index in [4.69, 9.17) is 4.74 Å². The number of carbonyl (C=O) groups excluding carboxylic acids is 2. The zero-order chi connectivity index (χ0) is 17.9. The van der Waals surface area contributed by atoms with Crippen LogP contribution in [-0.4, -0.2) is 24.6 Å². The molecule has 0 aliphatic carbocycles. The number of anilines is 1. The molecule has 2 aromatic rings. The Bertz CT molecular complexity index is 758. The summed E-state index contributed by atoms with van der Waals surface area (Å²) >= 11 is 0. The Kier molecular flexibility index (Phi) is 6.94.